The molecule has 0 aliphatic carbocycles. The predicted octanol–water partition coefficient (Wildman–Crippen LogP) is 4.94. The van der Waals surface area contributed by atoms with Gasteiger partial charge in [-0.25, -0.2) is 8.42 Å². The Balaban J connectivity index is 1.88. The normalized spacial score (nSPS) is 11.7. The smallest absolute Gasteiger partial charge is 0.271 e. The van der Waals surface area contributed by atoms with Crippen LogP contribution in [-0.4, -0.2) is 18.2 Å². The van der Waals surface area contributed by atoms with Crippen LogP contribution in [0.3, 0.4) is 0 Å². The number of halogens is 2. The molecule has 0 atom stereocenters. The largest absolute Gasteiger partial charge is 0.275 e. The second-order valence-corrected chi connectivity index (χ2v) is 10.8. The minimum atomic E-state index is -3.62. The van der Waals surface area contributed by atoms with Crippen LogP contribution in [0.25, 0.3) is 0 Å². The van der Waals surface area contributed by atoms with Crippen molar-refractivity contribution in [2.75, 3.05) is 4.72 Å². The lowest BCUT2D eigenvalue weighted by atomic mass is 10.2. The van der Waals surface area contributed by atoms with Crippen LogP contribution in [0.1, 0.15) is 17.0 Å². The number of hydrogen-bond acceptors (Lipinski definition) is 4. The maximum atomic E-state index is 12.6. The van der Waals surface area contributed by atoms with Gasteiger partial charge in [0.1, 0.15) is 4.21 Å². The van der Waals surface area contributed by atoms with Crippen LogP contribution in [0.15, 0.2) is 48.9 Å². The first-order chi connectivity index (χ1) is 11.8. The van der Waals surface area contributed by atoms with E-state index in [1.807, 2.05) is 31.2 Å². The number of nitrogens with one attached hydrogen (secondary N) is 1. The van der Waals surface area contributed by atoms with Crippen LogP contribution in [0, 0.1) is 13.8 Å². The number of hydrogen-bond donors (Lipinski definition) is 1. The zero-order valence-electron chi connectivity index (χ0n) is 13.5. The Morgan fingerprint density at radius 3 is 2.40 bits per heavy atom. The Kier molecular flexibility index (Phi) is 5.38. The van der Waals surface area contributed by atoms with Crippen LogP contribution in [0.5, 0.6) is 0 Å². The van der Waals surface area contributed by atoms with Crippen molar-refractivity contribution in [3.05, 3.63) is 61.6 Å². The molecule has 0 unspecified atom stereocenters. The van der Waals surface area contributed by atoms with E-state index >= 15 is 0 Å². The number of anilines is 1. The van der Waals surface area contributed by atoms with Gasteiger partial charge in [0.15, 0.2) is 0 Å². The lowest BCUT2D eigenvalue weighted by molar-refractivity contribution is 0.603. The summed E-state index contributed by atoms with van der Waals surface area (Å²) in [6.07, 6.45) is 0. The van der Waals surface area contributed by atoms with Gasteiger partial charge in [-0.15, -0.1) is 11.3 Å². The molecule has 3 rings (SSSR count). The molecule has 0 radical (unpaired) electrons. The monoisotopic (exact) mass is 503 g/mol. The Morgan fingerprint density at radius 2 is 1.80 bits per heavy atom. The van der Waals surface area contributed by atoms with Crippen molar-refractivity contribution in [2.24, 2.45) is 0 Å². The lowest BCUT2D eigenvalue weighted by Crippen LogP contribution is -2.13. The summed E-state index contributed by atoms with van der Waals surface area (Å²) < 4.78 is 31.6. The molecule has 1 N–H and O–H groups in total. The molecule has 0 saturated heterocycles. The maximum absolute atomic E-state index is 12.6. The van der Waals surface area contributed by atoms with Gasteiger partial charge < -0.3 is 0 Å². The fourth-order valence-corrected chi connectivity index (χ4v) is 5.84. The third kappa shape index (κ3) is 4.16. The molecule has 25 heavy (non-hydrogen) atoms. The Hall–Kier alpha value is -1.16. The number of aromatic nitrogens is 2. The van der Waals surface area contributed by atoms with Gasteiger partial charge in [-0.3, -0.25) is 9.40 Å². The summed E-state index contributed by atoms with van der Waals surface area (Å²) in [6.45, 7) is 4.24. The van der Waals surface area contributed by atoms with Gasteiger partial charge in [0.2, 0.25) is 0 Å². The summed E-state index contributed by atoms with van der Waals surface area (Å²) >= 11 is 7.88. The highest BCUT2D eigenvalue weighted by molar-refractivity contribution is 9.11. The molecule has 0 fully saturated rings. The van der Waals surface area contributed by atoms with Gasteiger partial charge in [0.25, 0.3) is 10.0 Å². The molecule has 9 heteroatoms. The number of thiophene rings is 1. The van der Waals surface area contributed by atoms with Crippen LogP contribution in [0.2, 0.25) is 0 Å². The van der Waals surface area contributed by atoms with Crippen molar-refractivity contribution >= 4 is 58.9 Å². The summed E-state index contributed by atoms with van der Waals surface area (Å²) in [7, 11) is -3.62. The molecule has 0 aliphatic heterocycles. The van der Waals surface area contributed by atoms with E-state index in [1.165, 1.54) is 11.3 Å². The van der Waals surface area contributed by atoms with Gasteiger partial charge in [-0.2, -0.15) is 5.10 Å². The van der Waals surface area contributed by atoms with Crippen molar-refractivity contribution in [1.82, 2.24) is 9.78 Å². The molecule has 0 amide bonds. The standard InChI is InChI=1S/C16H15Br2N3O2S2/c1-10-16(20-25(22,23)15-8-7-14(18)24-15)11(2)21(19-10)9-12-3-5-13(17)6-4-12/h3-8,20H,9H2,1-2H3. The third-order valence-electron chi connectivity index (χ3n) is 3.68. The van der Waals surface area contributed by atoms with Crippen molar-refractivity contribution in [3.8, 4) is 0 Å². The van der Waals surface area contributed by atoms with E-state index < -0.39 is 10.0 Å². The summed E-state index contributed by atoms with van der Waals surface area (Å²) in [5.41, 5.74) is 3.04. The second-order valence-electron chi connectivity index (χ2n) is 5.49. The molecule has 1 aromatic carbocycles. The average molecular weight is 505 g/mol. The number of aryl methyl sites for hydroxylation is 1. The molecule has 2 heterocycles. The minimum absolute atomic E-state index is 0.263. The van der Waals surface area contributed by atoms with Gasteiger partial charge in [0, 0.05) is 4.47 Å². The van der Waals surface area contributed by atoms with Crippen LogP contribution in [0.4, 0.5) is 5.69 Å². The van der Waals surface area contributed by atoms with E-state index in [0.29, 0.717) is 17.9 Å². The first-order valence-electron chi connectivity index (χ1n) is 7.33. The summed E-state index contributed by atoms with van der Waals surface area (Å²) in [4.78, 5) is 0. The quantitative estimate of drug-likeness (QED) is 0.535. The highest BCUT2D eigenvalue weighted by atomic mass is 79.9. The Bertz CT molecular complexity index is 1010. The number of nitrogens with zero attached hydrogens (tertiary/aromatic N) is 2. The summed E-state index contributed by atoms with van der Waals surface area (Å²) in [6, 6.07) is 11.3. The summed E-state index contributed by atoms with van der Waals surface area (Å²) in [5.74, 6) is 0. The van der Waals surface area contributed by atoms with Gasteiger partial charge in [-0.1, -0.05) is 28.1 Å². The second kappa shape index (κ2) is 7.22. The highest BCUT2D eigenvalue weighted by Crippen LogP contribution is 2.29. The van der Waals surface area contributed by atoms with Crippen molar-refractivity contribution in [2.45, 2.75) is 24.6 Å². The van der Waals surface area contributed by atoms with Gasteiger partial charge in [-0.05, 0) is 59.6 Å². The molecule has 5 nitrogen and oxygen atoms in total. The topological polar surface area (TPSA) is 64.0 Å². The van der Waals surface area contributed by atoms with Crippen LogP contribution in [-0.2, 0) is 16.6 Å². The van der Waals surface area contributed by atoms with E-state index in [1.54, 1.807) is 23.7 Å². The van der Waals surface area contributed by atoms with E-state index in [2.05, 4.69) is 41.7 Å². The first-order valence-corrected chi connectivity index (χ1v) is 11.2. The van der Waals surface area contributed by atoms with Crippen LogP contribution >= 0.6 is 43.2 Å². The number of benzene rings is 1. The number of sulfonamides is 1. The maximum Gasteiger partial charge on any atom is 0.271 e. The Morgan fingerprint density at radius 1 is 1.12 bits per heavy atom. The fraction of sp³-hybridized carbons (Fsp3) is 0.188. The third-order valence-corrected chi connectivity index (χ3v) is 7.67. The lowest BCUT2D eigenvalue weighted by Gasteiger charge is -2.08. The zero-order valence-corrected chi connectivity index (χ0v) is 18.3. The molecule has 2 aromatic heterocycles. The highest BCUT2D eigenvalue weighted by Gasteiger charge is 2.21. The molecule has 0 saturated carbocycles. The molecule has 0 aliphatic rings. The summed E-state index contributed by atoms with van der Waals surface area (Å²) in [5, 5.41) is 4.48. The molecule has 132 valence electrons. The van der Waals surface area contributed by atoms with Gasteiger partial charge in [0.05, 0.1) is 27.4 Å². The molecular formula is C16H15Br2N3O2S2. The zero-order chi connectivity index (χ0) is 18.2. The van der Waals surface area contributed by atoms with Crippen LogP contribution < -0.4 is 4.72 Å². The number of rotatable bonds is 5. The predicted molar refractivity (Wildman–Crippen MR) is 108 cm³/mol. The molecular weight excluding hydrogens is 490 g/mol. The Labute approximate surface area is 167 Å². The van der Waals surface area contributed by atoms with E-state index in [9.17, 15) is 8.42 Å². The van der Waals surface area contributed by atoms with Crippen molar-refractivity contribution in [1.29, 1.82) is 0 Å². The van der Waals surface area contributed by atoms with Crippen molar-refractivity contribution < 1.29 is 8.42 Å². The van der Waals surface area contributed by atoms with Crippen molar-refractivity contribution in [3.63, 3.8) is 0 Å². The molecule has 3 aromatic rings. The van der Waals surface area contributed by atoms with E-state index in [4.69, 9.17) is 0 Å². The fourth-order valence-electron chi connectivity index (χ4n) is 2.39. The SMILES string of the molecule is Cc1nn(Cc2ccc(Br)cc2)c(C)c1NS(=O)(=O)c1ccc(Br)s1. The molecule has 0 bridgehead atoms. The minimum Gasteiger partial charge on any atom is -0.275 e. The molecule has 0 spiro atoms. The van der Waals surface area contributed by atoms with E-state index in [-0.39, 0.29) is 4.21 Å². The first kappa shape index (κ1) is 18.6. The van der Waals surface area contributed by atoms with E-state index in [0.717, 1.165) is 19.5 Å². The average Bonchev–Trinajstić information content (AvgIpc) is 3.09. The van der Waals surface area contributed by atoms with Gasteiger partial charge >= 0.3 is 0 Å².